The Morgan fingerprint density at radius 2 is 1.94 bits per heavy atom. The second kappa shape index (κ2) is 5.05. The van der Waals surface area contributed by atoms with Crippen LogP contribution in [0, 0.1) is 0 Å². The fraction of sp³-hybridized carbons (Fsp3) is 0.300. The number of rotatable bonds is 3. The molecule has 3 nitrogen and oxygen atoms in total. The van der Waals surface area contributed by atoms with E-state index in [9.17, 15) is 18.0 Å². The van der Waals surface area contributed by atoms with Gasteiger partial charge in [-0.25, -0.2) is 4.79 Å². The van der Waals surface area contributed by atoms with Gasteiger partial charge in [0, 0.05) is 10.9 Å². The highest BCUT2D eigenvalue weighted by Gasteiger charge is 2.31. The van der Waals surface area contributed by atoms with Gasteiger partial charge in [0.15, 0.2) is 6.10 Å². The molecule has 0 saturated heterocycles. The molecule has 0 heterocycles. The van der Waals surface area contributed by atoms with E-state index < -0.39 is 23.8 Å². The van der Waals surface area contributed by atoms with E-state index in [1.54, 1.807) is 0 Å². The number of carbonyl (C=O) groups is 1. The number of aliphatic hydroxyl groups is 1. The second-order valence-electron chi connectivity index (χ2n) is 3.40. The molecule has 0 aliphatic carbocycles. The minimum absolute atomic E-state index is 0.0987. The lowest BCUT2D eigenvalue weighted by molar-refractivity contribution is -0.146. The van der Waals surface area contributed by atoms with Crippen LogP contribution in [-0.4, -0.2) is 22.3 Å². The van der Waals surface area contributed by atoms with Crippen LogP contribution in [0.5, 0.6) is 0 Å². The average Bonchev–Trinajstić information content (AvgIpc) is 2.15. The van der Waals surface area contributed by atoms with Crippen molar-refractivity contribution in [1.29, 1.82) is 0 Å². The number of aliphatic carboxylic acids is 1. The molecule has 0 saturated carbocycles. The van der Waals surface area contributed by atoms with Crippen molar-refractivity contribution in [3.05, 3.63) is 33.8 Å². The molecule has 0 radical (unpaired) electrons. The van der Waals surface area contributed by atoms with Crippen molar-refractivity contribution in [2.45, 2.75) is 18.7 Å². The molecule has 1 aromatic rings. The molecule has 94 valence electrons. The first-order chi connectivity index (χ1) is 7.70. The first-order valence-electron chi connectivity index (χ1n) is 4.47. The van der Waals surface area contributed by atoms with E-state index in [0.717, 1.165) is 12.1 Å². The lowest BCUT2D eigenvalue weighted by atomic mass is 10.0. The smallest absolute Gasteiger partial charge is 0.416 e. The maximum Gasteiger partial charge on any atom is 0.416 e. The monoisotopic (exact) mass is 312 g/mol. The molecule has 1 atom stereocenters. The van der Waals surface area contributed by atoms with Crippen LogP contribution in [-0.2, 0) is 17.4 Å². The molecular weight excluding hydrogens is 305 g/mol. The number of benzene rings is 1. The molecule has 0 aromatic heterocycles. The second-order valence-corrected chi connectivity index (χ2v) is 4.32. The van der Waals surface area contributed by atoms with E-state index in [0.29, 0.717) is 0 Å². The molecule has 1 unspecified atom stereocenters. The summed E-state index contributed by atoms with van der Waals surface area (Å²) in [6.07, 6.45) is -6.60. The summed E-state index contributed by atoms with van der Waals surface area (Å²) >= 11 is 2.90. The van der Waals surface area contributed by atoms with Gasteiger partial charge in [0.05, 0.1) is 5.56 Å². The highest BCUT2D eigenvalue weighted by Crippen LogP contribution is 2.32. The van der Waals surface area contributed by atoms with Crippen LogP contribution in [0.3, 0.4) is 0 Å². The van der Waals surface area contributed by atoms with Gasteiger partial charge in [-0.3, -0.25) is 0 Å². The maximum absolute atomic E-state index is 12.4. The minimum atomic E-state index is -4.51. The molecule has 0 aliphatic rings. The maximum atomic E-state index is 12.4. The quantitative estimate of drug-likeness (QED) is 0.901. The fourth-order valence-corrected chi connectivity index (χ4v) is 1.78. The van der Waals surface area contributed by atoms with E-state index in [4.69, 9.17) is 10.2 Å². The van der Waals surface area contributed by atoms with Crippen LogP contribution < -0.4 is 0 Å². The molecule has 0 aliphatic heterocycles. The first kappa shape index (κ1) is 14.0. The van der Waals surface area contributed by atoms with Crippen molar-refractivity contribution in [3.8, 4) is 0 Å². The Morgan fingerprint density at radius 1 is 1.35 bits per heavy atom. The third kappa shape index (κ3) is 4.01. The fourth-order valence-electron chi connectivity index (χ4n) is 1.24. The Labute approximate surface area is 103 Å². The van der Waals surface area contributed by atoms with Crippen LogP contribution in [0.2, 0.25) is 0 Å². The summed E-state index contributed by atoms with van der Waals surface area (Å²) in [5.41, 5.74) is -0.791. The number of carboxylic acids is 1. The molecule has 0 fully saturated rings. The van der Waals surface area contributed by atoms with Gasteiger partial charge >= 0.3 is 12.1 Å². The zero-order valence-corrected chi connectivity index (χ0v) is 9.92. The summed E-state index contributed by atoms with van der Waals surface area (Å²) < 4.78 is 37.5. The molecule has 17 heavy (non-hydrogen) atoms. The number of aliphatic hydroxyl groups excluding tert-OH is 1. The molecule has 2 N–H and O–H groups in total. The van der Waals surface area contributed by atoms with Gasteiger partial charge in [0.2, 0.25) is 0 Å². The number of alkyl halides is 3. The SMILES string of the molecule is O=C(O)C(O)Cc1cc(Br)cc(C(F)(F)F)c1. The zero-order chi connectivity index (χ0) is 13.2. The van der Waals surface area contributed by atoms with Gasteiger partial charge in [-0.05, 0) is 23.8 Å². The third-order valence-electron chi connectivity index (χ3n) is 2.00. The minimum Gasteiger partial charge on any atom is -0.479 e. The third-order valence-corrected chi connectivity index (χ3v) is 2.46. The number of hydrogen-bond acceptors (Lipinski definition) is 2. The van der Waals surface area contributed by atoms with Crippen LogP contribution in [0.4, 0.5) is 13.2 Å². The number of carboxylic acid groups (broad SMARTS) is 1. The van der Waals surface area contributed by atoms with Crippen molar-refractivity contribution in [2.24, 2.45) is 0 Å². The standard InChI is InChI=1S/C10H8BrF3O3/c11-7-2-5(3-8(15)9(16)17)1-6(4-7)10(12,13)14/h1-2,4,8,15H,3H2,(H,16,17). The van der Waals surface area contributed by atoms with Crippen LogP contribution in [0.25, 0.3) is 0 Å². The molecular formula is C10H8BrF3O3. The first-order valence-corrected chi connectivity index (χ1v) is 5.27. The predicted octanol–water partition coefficient (Wildman–Crippen LogP) is 2.46. The Hall–Kier alpha value is -1.08. The molecule has 0 spiro atoms. The summed E-state index contributed by atoms with van der Waals surface area (Å²) in [5, 5.41) is 17.5. The van der Waals surface area contributed by atoms with Gasteiger partial charge in [-0.15, -0.1) is 0 Å². The highest BCUT2D eigenvalue weighted by molar-refractivity contribution is 9.10. The highest BCUT2D eigenvalue weighted by atomic mass is 79.9. The number of halogens is 4. The molecule has 0 amide bonds. The van der Waals surface area contributed by atoms with E-state index in [1.165, 1.54) is 6.07 Å². The van der Waals surface area contributed by atoms with Gasteiger partial charge in [0.25, 0.3) is 0 Å². The van der Waals surface area contributed by atoms with Gasteiger partial charge in [-0.1, -0.05) is 15.9 Å². The van der Waals surface area contributed by atoms with Crippen molar-refractivity contribution in [1.82, 2.24) is 0 Å². The Kier molecular flexibility index (Phi) is 4.16. The van der Waals surface area contributed by atoms with Crippen LogP contribution in [0.1, 0.15) is 11.1 Å². The van der Waals surface area contributed by atoms with E-state index in [-0.39, 0.29) is 16.5 Å². The lowest BCUT2D eigenvalue weighted by Crippen LogP contribution is -2.22. The average molecular weight is 313 g/mol. The summed E-state index contributed by atoms with van der Waals surface area (Å²) in [6.45, 7) is 0. The molecule has 1 aromatic carbocycles. The van der Waals surface area contributed by atoms with E-state index in [1.807, 2.05) is 0 Å². The van der Waals surface area contributed by atoms with E-state index in [2.05, 4.69) is 15.9 Å². The lowest BCUT2D eigenvalue weighted by Gasteiger charge is -2.11. The summed E-state index contributed by atoms with van der Waals surface area (Å²) in [7, 11) is 0. The Balaban J connectivity index is 3.02. The zero-order valence-electron chi connectivity index (χ0n) is 8.33. The largest absolute Gasteiger partial charge is 0.479 e. The normalized spacial score (nSPS) is 13.5. The molecule has 7 heteroatoms. The topological polar surface area (TPSA) is 57.5 Å². The van der Waals surface area contributed by atoms with Gasteiger partial charge in [-0.2, -0.15) is 13.2 Å². The molecule has 0 bridgehead atoms. The summed E-state index contributed by atoms with van der Waals surface area (Å²) in [4.78, 5) is 10.4. The van der Waals surface area contributed by atoms with Crippen LogP contribution in [0.15, 0.2) is 22.7 Å². The van der Waals surface area contributed by atoms with Crippen molar-refractivity contribution in [2.75, 3.05) is 0 Å². The Bertz CT molecular complexity index is 431. The van der Waals surface area contributed by atoms with Crippen molar-refractivity contribution >= 4 is 21.9 Å². The molecule has 1 rings (SSSR count). The predicted molar refractivity (Wildman–Crippen MR) is 56.5 cm³/mol. The van der Waals surface area contributed by atoms with Crippen molar-refractivity contribution < 1.29 is 28.2 Å². The Morgan fingerprint density at radius 3 is 2.41 bits per heavy atom. The van der Waals surface area contributed by atoms with Crippen LogP contribution >= 0.6 is 15.9 Å². The van der Waals surface area contributed by atoms with Gasteiger partial charge in [0.1, 0.15) is 0 Å². The van der Waals surface area contributed by atoms with Crippen molar-refractivity contribution in [3.63, 3.8) is 0 Å². The van der Waals surface area contributed by atoms with Gasteiger partial charge < -0.3 is 10.2 Å². The summed E-state index contributed by atoms with van der Waals surface area (Å²) in [6, 6.07) is 3.04. The van der Waals surface area contributed by atoms with E-state index >= 15 is 0 Å². The number of hydrogen-bond donors (Lipinski definition) is 2. The summed E-state index contributed by atoms with van der Waals surface area (Å²) in [5.74, 6) is -1.47.